The second-order valence-electron chi connectivity index (χ2n) is 9.35. The van der Waals surface area contributed by atoms with Gasteiger partial charge in [-0.3, -0.25) is 9.69 Å². The lowest BCUT2D eigenvalue weighted by Crippen LogP contribution is -2.47. The number of hydrogen-bond donors (Lipinski definition) is 2. The normalized spacial score (nSPS) is 18.5. The summed E-state index contributed by atoms with van der Waals surface area (Å²) in [4.78, 5) is 24.6. The Morgan fingerprint density at radius 2 is 2.03 bits per heavy atom. The molecule has 1 aromatic carbocycles. The maximum absolute atomic E-state index is 11.2. The number of fused-ring (bicyclic) bond motifs is 1. The molecule has 0 aliphatic carbocycles. The maximum Gasteiger partial charge on any atom is 0.231 e. The molecule has 4 heterocycles. The molecule has 0 spiro atoms. The second kappa shape index (κ2) is 10.5. The molecular formula is C26H32N8O2. The lowest BCUT2D eigenvalue weighted by atomic mass is 9.93. The lowest BCUT2D eigenvalue weighted by Gasteiger charge is -2.35. The summed E-state index contributed by atoms with van der Waals surface area (Å²) in [6.07, 6.45) is 7.61. The molecule has 10 heteroatoms. The number of aliphatic hydroxyl groups excluding tert-OH is 1. The molecule has 10 nitrogen and oxygen atoms in total. The van der Waals surface area contributed by atoms with Crippen LogP contribution in [0.3, 0.4) is 0 Å². The highest BCUT2D eigenvalue weighted by molar-refractivity contribution is 5.87. The number of aliphatic hydroxyl groups is 1. The van der Waals surface area contributed by atoms with Crippen molar-refractivity contribution >= 4 is 22.8 Å². The number of hydrogen-bond acceptors (Lipinski definition) is 7. The predicted octanol–water partition coefficient (Wildman–Crippen LogP) is 1.81. The van der Waals surface area contributed by atoms with Crippen LogP contribution < -0.4 is 10.6 Å². The Morgan fingerprint density at radius 1 is 1.19 bits per heavy atom. The van der Waals surface area contributed by atoms with Crippen LogP contribution in [0.15, 0.2) is 61.3 Å². The summed E-state index contributed by atoms with van der Waals surface area (Å²) in [5.41, 5.74) is 8.38. The van der Waals surface area contributed by atoms with Crippen LogP contribution in [0.5, 0.6) is 0 Å². The number of nitrogens with zero attached hydrogens (tertiary/aromatic N) is 7. The number of aromatic nitrogens is 5. The molecule has 3 N–H and O–H groups in total. The number of carbonyl (C=O) groups is 1. The first kappa shape index (κ1) is 24.0. The van der Waals surface area contributed by atoms with Crippen molar-refractivity contribution in [3.63, 3.8) is 0 Å². The van der Waals surface area contributed by atoms with Gasteiger partial charge in [0.25, 0.3) is 0 Å². The number of primary amides is 1. The minimum absolute atomic E-state index is 0.0821. The Bertz CT molecular complexity index is 1300. The predicted molar refractivity (Wildman–Crippen MR) is 138 cm³/mol. The fourth-order valence-electron chi connectivity index (χ4n) is 5.00. The number of rotatable bonds is 9. The van der Waals surface area contributed by atoms with Gasteiger partial charge in [-0.2, -0.15) is 5.10 Å². The number of carbonyl (C=O) groups excluding carboxylic acids is 1. The molecule has 0 saturated carbocycles. The minimum atomic E-state index is -0.520. The van der Waals surface area contributed by atoms with Crippen molar-refractivity contribution in [1.29, 1.82) is 0 Å². The summed E-state index contributed by atoms with van der Waals surface area (Å²) in [6, 6.07) is 12.4. The zero-order chi connectivity index (χ0) is 25.1. The Balaban J connectivity index is 1.31. The summed E-state index contributed by atoms with van der Waals surface area (Å²) < 4.78 is 3.95. The third-order valence-corrected chi connectivity index (χ3v) is 6.91. The first-order chi connectivity index (χ1) is 17.5. The number of piperidine rings is 1. The zero-order valence-corrected chi connectivity index (χ0v) is 20.4. The topological polar surface area (TPSA) is 118 Å². The number of nitrogens with two attached hydrogens (primary N) is 1. The number of β-amino-alcohol motifs (C(OH)–C–C–N with tert-alkyl or cyclic N) is 1. The van der Waals surface area contributed by atoms with E-state index in [4.69, 9.17) is 5.73 Å². The van der Waals surface area contributed by atoms with Crippen molar-refractivity contribution in [2.75, 3.05) is 31.1 Å². The highest BCUT2D eigenvalue weighted by Gasteiger charge is 2.29. The molecule has 1 aliphatic rings. The first-order valence-electron chi connectivity index (χ1n) is 12.3. The summed E-state index contributed by atoms with van der Waals surface area (Å²) in [5.74, 6) is 0.614. The fourth-order valence-corrected chi connectivity index (χ4v) is 5.00. The van der Waals surface area contributed by atoms with Crippen molar-refractivity contribution in [1.82, 2.24) is 29.2 Å². The average Bonchev–Trinajstić information content (AvgIpc) is 3.55. The highest BCUT2D eigenvalue weighted by atomic mass is 16.3. The Hall–Kier alpha value is -3.76. The summed E-state index contributed by atoms with van der Waals surface area (Å²) >= 11 is 0. The molecule has 4 aromatic rings. The van der Waals surface area contributed by atoms with Crippen LogP contribution in [0.4, 0.5) is 5.82 Å². The standard InChI is InChI=1S/C26H32N8O2/c1-2-32(14-19-4-6-21(7-5-19)34-11-3-10-30-34)25-22-9-13-33(26(22)29-18-28-25)15-20-8-12-31(16-23(20)35)17-24(27)36/h3-7,9-11,13,18,20,23,35H,2,8,12,14-17H2,1H3,(H2,27,36)/t20-,23+/m0/s1. The zero-order valence-electron chi connectivity index (χ0n) is 20.4. The Labute approximate surface area is 210 Å². The van der Waals surface area contributed by atoms with Crippen LogP contribution in [0.2, 0.25) is 0 Å². The van der Waals surface area contributed by atoms with Gasteiger partial charge in [-0.25, -0.2) is 14.6 Å². The van der Waals surface area contributed by atoms with Crippen molar-refractivity contribution in [3.05, 3.63) is 66.9 Å². The molecule has 2 atom stereocenters. The smallest absolute Gasteiger partial charge is 0.231 e. The highest BCUT2D eigenvalue weighted by Crippen LogP contribution is 2.28. The van der Waals surface area contributed by atoms with Gasteiger partial charge < -0.3 is 20.3 Å². The van der Waals surface area contributed by atoms with E-state index in [-0.39, 0.29) is 18.4 Å². The van der Waals surface area contributed by atoms with Gasteiger partial charge in [0.1, 0.15) is 17.8 Å². The molecule has 0 unspecified atom stereocenters. The minimum Gasteiger partial charge on any atom is -0.391 e. The molecule has 1 amide bonds. The van der Waals surface area contributed by atoms with E-state index >= 15 is 0 Å². The van der Waals surface area contributed by atoms with Gasteiger partial charge in [-0.15, -0.1) is 0 Å². The molecule has 1 saturated heterocycles. The summed E-state index contributed by atoms with van der Waals surface area (Å²) in [7, 11) is 0. The van der Waals surface area contributed by atoms with Crippen molar-refractivity contribution < 1.29 is 9.90 Å². The molecule has 36 heavy (non-hydrogen) atoms. The van der Waals surface area contributed by atoms with Crippen molar-refractivity contribution in [2.24, 2.45) is 11.7 Å². The van der Waals surface area contributed by atoms with Gasteiger partial charge in [0.15, 0.2) is 0 Å². The summed E-state index contributed by atoms with van der Waals surface area (Å²) in [5, 5.41) is 16.0. The first-order valence-corrected chi connectivity index (χ1v) is 12.3. The molecule has 0 radical (unpaired) electrons. The molecule has 5 rings (SSSR count). The Kier molecular flexibility index (Phi) is 6.97. The van der Waals surface area contributed by atoms with E-state index in [1.807, 2.05) is 28.0 Å². The molecule has 1 aliphatic heterocycles. The van der Waals surface area contributed by atoms with E-state index in [1.54, 1.807) is 12.5 Å². The molecule has 0 bridgehead atoms. The van der Waals surface area contributed by atoms with Gasteiger partial charge in [-0.1, -0.05) is 12.1 Å². The van der Waals surface area contributed by atoms with E-state index < -0.39 is 6.10 Å². The lowest BCUT2D eigenvalue weighted by molar-refractivity contribution is -0.120. The number of anilines is 1. The van der Waals surface area contributed by atoms with E-state index in [2.05, 4.69) is 61.8 Å². The van der Waals surface area contributed by atoms with Crippen molar-refractivity contribution in [3.8, 4) is 5.69 Å². The van der Waals surface area contributed by atoms with Crippen LogP contribution in [0.1, 0.15) is 18.9 Å². The van der Waals surface area contributed by atoms with Gasteiger partial charge in [-0.05, 0) is 49.7 Å². The average molecular weight is 489 g/mol. The largest absolute Gasteiger partial charge is 0.391 e. The third-order valence-electron chi connectivity index (χ3n) is 6.91. The quantitative estimate of drug-likeness (QED) is 0.369. The molecule has 3 aromatic heterocycles. The van der Waals surface area contributed by atoms with Gasteiger partial charge >= 0.3 is 0 Å². The van der Waals surface area contributed by atoms with Crippen LogP contribution in [-0.2, 0) is 17.9 Å². The SMILES string of the molecule is CCN(Cc1ccc(-n2cccn2)cc1)c1ncnc2c1ccn2C[C@@H]1CCN(CC(N)=O)C[C@H]1O. The number of amides is 1. The second-order valence-corrected chi connectivity index (χ2v) is 9.35. The van der Waals surface area contributed by atoms with E-state index in [9.17, 15) is 9.90 Å². The monoisotopic (exact) mass is 488 g/mol. The van der Waals surface area contributed by atoms with E-state index in [1.165, 1.54) is 5.56 Å². The summed E-state index contributed by atoms with van der Waals surface area (Å²) in [6.45, 7) is 5.69. The maximum atomic E-state index is 11.2. The van der Waals surface area contributed by atoms with Crippen LogP contribution in [-0.4, -0.2) is 72.5 Å². The fraction of sp³-hybridized carbons (Fsp3) is 0.385. The third kappa shape index (κ3) is 5.09. The van der Waals surface area contributed by atoms with E-state index in [0.29, 0.717) is 13.1 Å². The molecule has 188 valence electrons. The van der Waals surface area contributed by atoms with Gasteiger partial charge in [0.05, 0.1) is 23.7 Å². The Morgan fingerprint density at radius 3 is 2.72 bits per heavy atom. The number of likely N-dealkylation sites (tertiary alicyclic amines) is 1. The molecule has 1 fully saturated rings. The molecular weight excluding hydrogens is 456 g/mol. The van der Waals surface area contributed by atoms with Gasteiger partial charge in [0.2, 0.25) is 5.91 Å². The number of benzene rings is 1. The van der Waals surface area contributed by atoms with Gasteiger partial charge in [0, 0.05) is 50.7 Å². The van der Waals surface area contributed by atoms with E-state index in [0.717, 1.165) is 48.6 Å². The van der Waals surface area contributed by atoms with Crippen LogP contribution in [0.25, 0.3) is 16.7 Å². The van der Waals surface area contributed by atoms with Crippen molar-refractivity contribution in [2.45, 2.75) is 32.5 Å². The van der Waals surface area contributed by atoms with Crippen LogP contribution >= 0.6 is 0 Å². The van der Waals surface area contributed by atoms with Crippen LogP contribution in [0, 0.1) is 5.92 Å².